The minimum absolute atomic E-state index is 0.00236. The van der Waals surface area contributed by atoms with Gasteiger partial charge in [-0.05, 0) is 41.5 Å². The number of ether oxygens (including phenoxy) is 1. The molecule has 7 nitrogen and oxygen atoms in total. The number of rotatable bonds is 14. The van der Waals surface area contributed by atoms with Gasteiger partial charge >= 0.3 is 12.1 Å². The Balaban J connectivity index is 1.36. The van der Waals surface area contributed by atoms with Crippen LogP contribution in [0.25, 0.3) is 11.1 Å². The van der Waals surface area contributed by atoms with Crippen LogP contribution in [0.5, 0.6) is 0 Å². The summed E-state index contributed by atoms with van der Waals surface area (Å²) in [6.07, 6.45) is 4.67. The number of carboxylic acid groups (broad SMARTS) is 1. The van der Waals surface area contributed by atoms with Gasteiger partial charge in [0.05, 0.1) is 5.92 Å². The zero-order valence-corrected chi connectivity index (χ0v) is 20.4. The summed E-state index contributed by atoms with van der Waals surface area (Å²) in [7, 11) is 0. The Bertz CT molecular complexity index is 961. The van der Waals surface area contributed by atoms with E-state index in [1.165, 1.54) is 11.1 Å². The van der Waals surface area contributed by atoms with Gasteiger partial charge in [0, 0.05) is 25.4 Å². The number of carbonyl (C=O) groups excluding carboxylic acids is 2. The van der Waals surface area contributed by atoms with Gasteiger partial charge in [0.25, 0.3) is 0 Å². The monoisotopic (exact) mass is 480 g/mol. The van der Waals surface area contributed by atoms with E-state index in [0.717, 1.165) is 36.8 Å². The zero-order valence-electron chi connectivity index (χ0n) is 20.4. The molecule has 0 saturated carbocycles. The van der Waals surface area contributed by atoms with Gasteiger partial charge < -0.3 is 20.5 Å². The Morgan fingerprint density at radius 3 is 2.11 bits per heavy atom. The number of aliphatic carboxylic acids is 1. The molecule has 188 valence electrons. The third-order valence-corrected chi connectivity index (χ3v) is 6.57. The third kappa shape index (κ3) is 7.57. The highest BCUT2D eigenvalue weighted by molar-refractivity contribution is 5.80. The molecule has 0 radical (unpaired) electrons. The highest BCUT2D eigenvalue weighted by Gasteiger charge is 2.29. The van der Waals surface area contributed by atoms with Gasteiger partial charge in [-0.25, -0.2) is 4.79 Å². The van der Waals surface area contributed by atoms with Crippen LogP contribution >= 0.6 is 0 Å². The van der Waals surface area contributed by atoms with Gasteiger partial charge in [0.15, 0.2) is 0 Å². The lowest BCUT2D eigenvalue weighted by Gasteiger charge is -2.17. The van der Waals surface area contributed by atoms with Crippen molar-refractivity contribution in [2.24, 2.45) is 5.92 Å². The van der Waals surface area contributed by atoms with Crippen LogP contribution in [-0.4, -0.2) is 42.8 Å². The minimum Gasteiger partial charge on any atom is -0.481 e. The van der Waals surface area contributed by atoms with E-state index in [1.54, 1.807) is 0 Å². The lowest BCUT2D eigenvalue weighted by molar-refractivity contribution is -0.137. The Kier molecular flexibility index (Phi) is 10.1. The fraction of sp³-hybridized carbons (Fsp3) is 0.464. The maximum Gasteiger partial charge on any atom is 0.407 e. The summed E-state index contributed by atoms with van der Waals surface area (Å²) in [4.78, 5) is 35.4. The number of hydrogen-bond acceptors (Lipinski definition) is 4. The number of amides is 2. The van der Waals surface area contributed by atoms with Gasteiger partial charge in [-0.3, -0.25) is 9.59 Å². The third-order valence-electron chi connectivity index (χ3n) is 6.57. The predicted molar refractivity (Wildman–Crippen MR) is 135 cm³/mol. The molecule has 3 N–H and O–H groups in total. The number of benzene rings is 2. The largest absolute Gasteiger partial charge is 0.481 e. The molecule has 0 spiro atoms. The molecular formula is C28H36N2O5. The summed E-state index contributed by atoms with van der Waals surface area (Å²) < 4.78 is 5.56. The number of nitrogens with one attached hydrogen (secondary N) is 2. The van der Waals surface area contributed by atoms with Crippen LogP contribution in [0.1, 0.15) is 68.9 Å². The molecule has 3 rings (SSSR count). The smallest absolute Gasteiger partial charge is 0.407 e. The topological polar surface area (TPSA) is 105 Å². The van der Waals surface area contributed by atoms with Crippen LogP contribution in [-0.2, 0) is 14.3 Å². The first-order valence-corrected chi connectivity index (χ1v) is 12.6. The second kappa shape index (κ2) is 13.5. The molecule has 1 atom stereocenters. The summed E-state index contributed by atoms with van der Waals surface area (Å²) in [5.41, 5.74) is 4.68. The lowest BCUT2D eigenvalue weighted by atomic mass is 9.98. The Labute approximate surface area is 207 Å². The molecule has 0 fully saturated rings. The first-order chi connectivity index (χ1) is 17.0. The highest BCUT2D eigenvalue weighted by atomic mass is 16.5. The molecule has 1 aliphatic rings. The van der Waals surface area contributed by atoms with Crippen LogP contribution in [0.15, 0.2) is 48.5 Å². The molecule has 1 unspecified atom stereocenters. The van der Waals surface area contributed by atoms with Crippen molar-refractivity contribution in [1.29, 1.82) is 0 Å². The van der Waals surface area contributed by atoms with E-state index in [2.05, 4.69) is 34.9 Å². The fourth-order valence-electron chi connectivity index (χ4n) is 4.57. The number of fused-ring (bicyclic) bond motifs is 3. The van der Waals surface area contributed by atoms with Crippen molar-refractivity contribution >= 4 is 18.0 Å². The van der Waals surface area contributed by atoms with Crippen molar-refractivity contribution < 1.29 is 24.2 Å². The number of carboxylic acids is 1. The van der Waals surface area contributed by atoms with E-state index in [0.29, 0.717) is 19.4 Å². The quantitative estimate of drug-likeness (QED) is 0.327. The van der Waals surface area contributed by atoms with Gasteiger partial charge in [-0.1, -0.05) is 74.7 Å². The number of carbonyl (C=O) groups is 3. The molecule has 0 aliphatic heterocycles. The van der Waals surface area contributed by atoms with Gasteiger partial charge in [-0.15, -0.1) is 0 Å². The molecule has 0 bridgehead atoms. The Morgan fingerprint density at radius 1 is 0.886 bits per heavy atom. The standard InChI is InChI=1S/C28H36N2O5/c1-2-20(27(33)29-17-11-5-3-4-6-16-26(31)32)18-30-28(34)35-19-25-23-14-9-7-12-21(23)22-13-8-10-15-24(22)25/h7-10,12-15,20,25H,2-6,11,16-19H2,1H3,(H,29,33)(H,30,34)(H,31,32). The molecule has 2 amide bonds. The van der Waals surface area contributed by atoms with Crippen LogP contribution in [0.4, 0.5) is 4.79 Å². The van der Waals surface area contributed by atoms with E-state index >= 15 is 0 Å². The normalized spacial score (nSPS) is 12.9. The van der Waals surface area contributed by atoms with Crippen LogP contribution < -0.4 is 10.6 Å². The van der Waals surface area contributed by atoms with Crippen molar-refractivity contribution in [3.63, 3.8) is 0 Å². The molecule has 1 aliphatic carbocycles. The molecular weight excluding hydrogens is 444 g/mol. The average Bonchev–Trinajstić information content (AvgIpc) is 3.18. The molecule has 2 aromatic rings. The number of unbranched alkanes of at least 4 members (excludes halogenated alkanes) is 4. The average molecular weight is 481 g/mol. The van der Waals surface area contributed by atoms with Crippen LogP contribution in [0.2, 0.25) is 0 Å². The van der Waals surface area contributed by atoms with E-state index in [9.17, 15) is 14.4 Å². The maximum atomic E-state index is 12.5. The first kappa shape index (κ1) is 26.3. The van der Waals surface area contributed by atoms with Gasteiger partial charge in [0.1, 0.15) is 6.61 Å². The molecule has 0 saturated heterocycles. The Morgan fingerprint density at radius 2 is 1.49 bits per heavy atom. The first-order valence-electron chi connectivity index (χ1n) is 12.6. The van der Waals surface area contributed by atoms with Crippen LogP contribution in [0, 0.1) is 5.92 Å². The summed E-state index contributed by atoms with van der Waals surface area (Å²) in [5, 5.41) is 14.3. The van der Waals surface area contributed by atoms with Gasteiger partial charge in [-0.2, -0.15) is 0 Å². The molecule has 2 aromatic carbocycles. The molecule has 35 heavy (non-hydrogen) atoms. The summed E-state index contributed by atoms with van der Waals surface area (Å²) >= 11 is 0. The SMILES string of the molecule is CCC(CNC(=O)OCC1c2ccccc2-c2ccccc21)C(=O)NCCCCCCCC(=O)O. The van der Waals surface area contributed by atoms with E-state index in [4.69, 9.17) is 9.84 Å². The molecule has 7 heteroatoms. The van der Waals surface area contributed by atoms with Crippen molar-refractivity contribution in [2.75, 3.05) is 19.7 Å². The van der Waals surface area contributed by atoms with Crippen molar-refractivity contribution in [3.8, 4) is 11.1 Å². The van der Waals surface area contributed by atoms with Crippen molar-refractivity contribution in [3.05, 3.63) is 59.7 Å². The fourth-order valence-corrected chi connectivity index (χ4v) is 4.57. The van der Waals surface area contributed by atoms with Gasteiger partial charge in [0.2, 0.25) is 5.91 Å². The number of hydrogen-bond donors (Lipinski definition) is 3. The second-order valence-corrected chi connectivity index (χ2v) is 9.01. The number of alkyl carbamates (subject to hydrolysis) is 1. The Hall–Kier alpha value is -3.35. The molecule has 0 aromatic heterocycles. The van der Waals surface area contributed by atoms with E-state index in [1.807, 2.05) is 31.2 Å². The highest BCUT2D eigenvalue weighted by Crippen LogP contribution is 2.44. The summed E-state index contributed by atoms with van der Waals surface area (Å²) in [6.45, 7) is 2.98. The predicted octanol–water partition coefficient (Wildman–Crippen LogP) is 5.09. The van der Waals surface area contributed by atoms with Crippen molar-refractivity contribution in [1.82, 2.24) is 10.6 Å². The van der Waals surface area contributed by atoms with Crippen molar-refractivity contribution in [2.45, 2.75) is 57.8 Å². The summed E-state index contributed by atoms with van der Waals surface area (Å²) in [5.74, 6) is -1.14. The maximum absolute atomic E-state index is 12.5. The minimum atomic E-state index is -0.755. The summed E-state index contributed by atoms with van der Waals surface area (Å²) in [6, 6.07) is 16.4. The second-order valence-electron chi connectivity index (χ2n) is 9.01. The van der Waals surface area contributed by atoms with E-state index < -0.39 is 12.1 Å². The van der Waals surface area contributed by atoms with Crippen LogP contribution in [0.3, 0.4) is 0 Å². The lowest BCUT2D eigenvalue weighted by Crippen LogP contribution is -2.39. The van der Waals surface area contributed by atoms with E-state index in [-0.39, 0.29) is 37.3 Å². The zero-order chi connectivity index (χ0) is 25.0. The molecule has 0 heterocycles.